The predicted molar refractivity (Wildman–Crippen MR) is 112 cm³/mol. The maximum atomic E-state index is 12.8. The average Bonchev–Trinajstić information content (AvgIpc) is 2.73. The lowest BCUT2D eigenvalue weighted by Gasteiger charge is -2.36. The van der Waals surface area contributed by atoms with Crippen molar-refractivity contribution in [3.63, 3.8) is 0 Å². The van der Waals surface area contributed by atoms with Crippen LogP contribution >= 0.6 is 0 Å². The number of carbonyl (C=O) groups is 2. The first-order valence-corrected chi connectivity index (χ1v) is 9.71. The van der Waals surface area contributed by atoms with E-state index in [0.717, 1.165) is 0 Å². The van der Waals surface area contributed by atoms with E-state index < -0.39 is 4.92 Å². The van der Waals surface area contributed by atoms with Crippen LogP contribution in [0.3, 0.4) is 0 Å². The van der Waals surface area contributed by atoms with Crippen LogP contribution in [0, 0.1) is 10.1 Å². The molecule has 0 aliphatic carbocycles. The molecule has 1 saturated heterocycles. The lowest BCUT2D eigenvalue weighted by molar-refractivity contribution is -0.384. The molecule has 2 aromatic rings. The Morgan fingerprint density at radius 3 is 2.07 bits per heavy atom. The number of carbonyl (C=O) groups excluding carboxylic acids is 2. The van der Waals surface area contributed by atoms with E-state index in [1.54, 1.807) is 17.0 Å². The zero-order valence-corrected chi connectivity index (χ0v) is 16.9. The predicted octanol–water partition coefficient (Wildman–Crippen LogP) is 3.88. The Morgan fingerprint density at radius 2 is 1.55 bits per heavy atom. The molecule has 7 nitrogen and oxygen atoms in total. The minimum Gasteiger partial charge on any atom is -0.362 e. The van der Waals surface area contributed by atoms with E-state index >= 15 is 0 Å². The second-order valence-electron chi connectivity index (χ2n) is 7.57. The van der Waals surface area contributed by atoms with Crippen molar-refractivity contribution in [3.8, 4) is 0 Å². The monoisotopic (exact) mass is 395 g/mol. The first kappa shape index (κ1) is 20.5. The van der Waals surface area contributed by atoms with Gasteiger partial charge >= 0.3 is 0 Å². The summed E-state index contributed by atoms with van der Waals surface area (Å²) < 4.78 is 0. The molecule has 29 heavy (non-hydrogen) atoms. The van der Waals surface area contributed by atoms with Gasteiger partial charge in [-0.25, -0.2) is 0 Å². The maximum Gasteiger partial charge on any atom is 0.293 e. The number of piperazine rings is 1. The number of benzene rings is 2. The molecule has 1 fully saturated rings. The number of amides is 1. The third kappa shape index (κ3) is 4.45. The third-order valence-corrected chi connectivity index (χ3v) is 5.31. The molecule has 1 aliphatic heterocycles. The molecular formula is C22H25N3O4. The smallest absolute Gasteiger partial charge is 0.293 e. The highest BCUT2D eigenvalue weighted by Gasteiger charge is 2.27. The standard InChI is InChI=1S/C22H25N3O4/c1-15(2)17-4-6-18(7-5-17)22(27)24-12-10-23(11-13-24)20-9-8-19(16(3)26)14-21(20)25(28)29/h4-9,14-15H,10-13H2,1-3H3. The second-order valence-corrected chi connectivity index (χ2v) is 7.57. The molecule has 0 saturated carbocycles. The van der Waals surface area contributed by atoms with Gasteiger partial charge in [0.15, 0.2) is 5.78 Å². The summed E-state index contributed by atoms with van der Waals surface area (Å²) in [5.41, 5.74) is 2.56. The van der Waals surface area contributed by atoms with Crippen LogP contribution in [0.4, 0.5) is 11.4 Å². The van der Waals surface area contributed by atoms with Gasteiger partial charge in [0.25, 0.3) is 11.6 Å². The number of rotatable bonds is 5. The van der Waals surface area contributed by atoms with Gasteiger partial charge in [0.2, 0.25) is 0 Å². The molecule has 3 rings (SSSR count). The van der Waals surface area contributed by atoms with Crippen LogP contribution in [-0.2, 0) is 0 Å². The first-order chi connectivity index (χ1) is 13.8. The van der Waals surface area contributed by atoms with Crippen molar-refractivity contribution in [2.45, 2.75) is 26.7 Å². The molecular weight excluding hydrogens is 370 g/mol. The number of hydrogen-bond acceptors (Lipinski definition) is 5. The SMILES string of the molecule is CC(=O)c1ccc(N2CCN(C(=O)c3ccc(C(C)C)cc3)CC2)c([N+](=O)[O-])c1. The molecule has 0 radical (unpaired) electrons. The first-order valence-electron chi connectivity index (χ1n) is 9.71. The molecule has 1 amide bonds. The van der Waals surface area contributed by atoms with Crippen molar-refractivity contribution in [2.24, 2.45) is 0 Å². The Hall–Kier alpha value is -3.22. The molecule has 0 unspecified atom stereocenters. The van der Waals surface area contributed by atoms with Gasteiger partial charge in [0.1, 0.15) is 5.69 Å². The summed E-state index contributed by atoms with van der Waals surface area (Å²) in [6, 6.07) is 12.2. The van der Waals surface area contributed by atoms with Crippen molar-refractivity contribution in [2.75, 3.05) is 31.1 Å². The van der Waals surface area contributed by atoms with Crippen LogP contribution in [0.2, 0.25) is 0 Å². The Balaban J connectivity index is 1.71. The van der Waals surface area contributed by atoms with Crippen LogP contribution in [0.15, 0.2) is 42.5 Å². The van der Waals surface area contributed by atoms with E-state index in [4.69, 9.17) is 0 Å². The highest BCUT2D eigenvalue weighted by atomic mass is 16.6. The maximum absolute atomic E-state index is 12.8. The summed E-state index contributed by atoms with van der Waals surface area (Å²) in [7, 11) is 0. The number of Topliss-reactive ketones (excluding diaryl/α,β-unsaturated/α-hetero) is 1. The van der Waals surface area contributed by atoms with Crippen molar-refractivity contribution in [1.29, 1.82) is 0 Å². The minimum atomic E-state index is -0.463. The summed E-state index contributed by atoms with van der Waals surface area (Å²) >= 11 is 0. The zero-order valence-electron chi connectivity index (χ0n) is 16.9. The summed E-state index contributed by atoms with van der Waals surface area (Å²) in [4.78, 5) is 39.0. The van der Waals surface area contributed by atoms with E-state index in [1.807, 2.05) is 29.2 Å². The molecule has 0 N–H and O–H groups in total. The molecule has 152 valence electrons. The van der Waals surface area contributed by atoms with Crippen molar-refractivity contribution >= 4 is 23.1 Å². The molecule has 0 bridgehead atoms. The summed E-state index contributed by atoms with van der Waals surface area (Å²) in [5.74, 6) is 0.174. The Labute approximate surface area is 170 Å². The van der Waals surface area contributed by atoms with E-state index in [2.05, 4.69) is 13.8 Å². The number of ketones is 1. The second kappa shape index (κ2) is 8.43. The molecule has 0 aromatic heterocycles. The van der Waals surface area contributed by atoms with Gasteiger partial charge in [-0.2, -0.15) is 0 Å². The highest BCUT2D eigenvalue weighted by molar-refractivity contribution is 5.96. The number of nitrogens with zero attached hydrogens (tertiary/aromatic N) is 3. The molecule has 0 spiro atoms. The van der Waals surface area contributed by atoms with Crippen LogP contribution in [-0.4, -0.2) is 47.7 Å². The van der Waals surface area contributed by atoms with Crippen LogP contribution < -0.4 is 4.90 Å². The molecule has 7 heteroatoms. The van der Waals surface area contributed by atoms with Crippen LogP contribution in [0.5, 0.6) is 0 Å². The lowest BCUT2D eigenvalue weighted by atomic mass is 10.0. The average molecular weight is 395 g/mol. The Bertz CT molecular complexity index is 930. The molecule has 1 heterocycles. The van der Waals surface area contributed by atoms with Gasteiger partial charge in [-0.15, -0.1) is 0 Å². The van der Waals surface area contributed by atoms with Crippen molar-refractivity contribution in [1.82, 2.24) is 4.90 Å². The van der Waals surface area contributed by atoms with Gasteiger partial charge < -0.3 is 9.80 Å². The third-order valence-electron chi connectivity index (χ3n) is 5.31. The quantitative estimate of drug-likeness (QED) is 0.436. The molecule has 1 aliphatic rings. The van der Waals surface area contributed by atoms with Crippen LogP contribution in [0.25, 0.3) is 0 Å². The Kier molecular flexibility index (Phi) is 5.96. The zero-order chi connectivity index (χ0) is 21.1. The summed E-state index contributed by atoms with van der Waals surface area (Å²) in [6.07, 6.45) is 0. The molecule has 2 aromatic carbocycles. The largest absolute Gasteiger partial charge is 0.362 e. The van der Waals surface area contributed by atoms with E-state index in [1.165, 1.54) is 18.6 Å². The number of anilines is 1. The fourth-order valence-electron chi connectivity index (χ4n) is 3.50. The van der Waals surface area contributed by atoms with Gasteiger partial charge in [0, 0.05) is 43.4 Å². The number of nitro benzene ring substituents is 1. The van der Waals surface area contributed by atoms with Gasteiger partial charge in [0.05, 0.1) is 4.92 Å². The summed E-state index contributed by atoms with van der Waals surface area (Å²) in [6.45, 7) is 7.56. The van der Waals surface area contributed by atoms with Crippen molar-refractivity contribution in [3.05, 3.63) is 69.3 Å². The van der Waals surface area contributed by atoms with E-state index in [0.29, 0.717) is 48.9 Å². The number of nitro groups is 1. The fraction of sp³-hybridized carbons (Fsp3) is 0.364. The fourth-order valence-corrected chi connectivity index (χ4v) is 3.50. The highest BCUT2D eigenvalue weighted by Crippen LogP contribution is 2.30. The lowest BCUT2D eigenvalue weighted by Crippen LogP contribution is -2.49. The van der Waals surface area contributed by atoms with Crippen LogP contribution in [0.1, 0.15) is 53.0 Å². The van der Waals surface area contributed by atoms with E-state index in [-0.39, 0.29) is 17.4 Å². The van der Waals surface area contributed by atoms with Crippen molar-refractivity contribution < 1.29 is 14.5 Å². The normalized spacial score (nSPS) is 14.2. The molecule has 0 atom stereocenters. The van der Waals surface area contributed by atoms with E-state index in [9.17, 15) is 19.7 Å². The van der Waals surface area contributed by atoms with Gasteiger partial charge in [-0.05, 0) is 42.7 Å². The number of hydrogen-bond donors (Lipinski definition) is 0. The topological polar surface area (TPSA) is 83.8 Å². The summed E-state index contributed by atoms with van der Waals surface area (Å²) in [5, 5.41) is 11.5. The Morgan fingerprint density at radius 1 is 0.966 bits per heavy atom. The minimum absolute atomic E-state index is 0.0265. The van der Waals surface area contributed by atoms with Gasteiger partial charge in [-0.1, -0.05) is 26.0 Å². The van der Waals surface area contributed by atoms with Gasteiger partial charge in [-0.3, -0.25) is 19.7 Å².